The lowest BCUT2D eigenvalue weighted by molar-refractivity contribution is 0.171. The first-order chi connectivity index (χ1) is 7.33. The Balaban J connectivity index is 1.56. The van der Waals surface area contributed by atoms with Crippen LogP contribution in [0.2, 0.25) is 0 Å². The average molecular weight is 211 g/mol. The Morgan fingerprint density at radius 1 is 1.53 bits per heavy atom. The summed E-state index contributed by atoms with van der Waals surface area (Å²) in [4.78, 5) is 13.9. The molecule has 0 spiro atoms. The van der Waals surface area contributed by atoms with Gasteiger partial charge in [0.25, 0.3) is 0 Å². The molecule has 5 heteroatoms. The van der Waals surface area contributed by atoms with E-state index < -0.39 is 0 Å². The van der Waals surface area contributed by atoms with Gasteiger partial charge in [-0.25, -0.2) is 4.79 Å². The lowest BCUT2D eigenvalue weighted by atomic mass is 10.2. The molecule has 0 radical (unpaired) electrons. The summed E-state index contributed by atoms with van der Waals surface area (Å²) in [5.41, 5.74) is 0. The molecule has 3 heterocycles. The van der Waals surface area contributed by atoms with E-state index in [0.717, 1.165) is 32.5 Å². The highest BCUT2D eigenvalue weighted by molar-refractivity contribution is 5.75. The van der Waals surface area contributed by atoms with Crippen molar-refractivity contribution in [1.29, 1.82) is 0 Å². The molecule has 2 N–H and O–H groups in total. The molecule has 1 unspecified atom stereocenters. The summed E-state index contributed by atoms with van der Waals surface area (Å²) in [5.74, 6) is 0. The van der Waals surface area contributed by atoms with E-state index in [1.165, 1.54) is 0 Å². The van der Waals surface area contributed by atoms with Crippen molar-refractivity contribution in [3.63, 3.8) is 0 Å². The molecule has 3 fully saturated rings. The number of hydrogen-bond donors (Lipinski definition) is 2. The van der Waals surface area contributed by atoms with Crippen LogP contribution >= 0.6 is 0 Å². The van der Waals surface area contributed by atoms with Crippen LogP contribution < -0.4 is 10.6 Å². The Morgan fingerprint density at radius 3 is 3.07 bits per heavy atom. The van der Waals surface area contributed by atoms with Gasteiger partial charge in [0.05, 0.1) is 12.6 Å². The van der Waals surface area contributed by atoms with Crippen LogP contribution in [0, 0.1) is 0 Å². The van der Waals surface area contributed by atoms with Gasteiger partial charge in [-0.3, -0.25) is 0 Å². The van der Waals surface area contributed by atoms with Crippen LogP contribution in [0.25, 0.3) is 0 Å². The molecule has 3 atom stereocenters. The van der Waals surface area contributed by atoms with Crippen molar-refractivity contribution in [3.8, 4) is 0 Å². The molecule has 3 rings (SSSR count). The van der Waals surface area contributed by atoms with E-state index in [-0.39, 0.29) is 12.1 Å². The number of likely N-dealkylation sites (tertiary alicyclic amines) is 1. The zero-order chi connectivity index (χ0) is 10.3. The van der Waals surface area contributed by atoms with Crippen LogP contribution in [0.15, 0.2) is 0 Å². The molecule has 2 bridgehead atoms. The molecule has 84 valence electrons. The Kier molecular flexibility index (Phi) is 2.29. The Morgan fingerprint density at radius 2 is 2.47 bits per heavy atom. The Labute approximate surface area is 89.1 Å². The van der Waals surface area contributed by atoms with Gasteiger partial charge in [-0.2, -0.15) is 0 Å². The van der Waals surface area contributed by atoms with Gasteiger partial charge in [-0.15, -0.1) is 0 Å². The minimum Gasteiger partial charge on any atom is -0.379 e. The molecule has 0 aromatic carbocycles. The second-order valence-electron chi connectivity index (χ2n) is 4.66. The largest absolute Gasteiger partial charge is 0.379 e. The molecule has 0 aliphatic carbocycles. The fourth-order valence-electron chi connectivity index (χ4n) is 2.72. The third-order valence-electron chi connectivity index (χ3n) is 3.57. The quantitative estimate of drug-likeness (QED) is 0.616. The summed E-state index contributed by atoms with van der Waals surface area (Å²) < 4.78 is 5.24. The summed E-state index contributed by atoms with van der Waals surface area (Å²) in [6.45, 7) is 3.27. The van der Waals surface area contributed by atoms with Gasteiger partial charge >= 0.3 is 6.03 Å². The van der Waals surface area contributed by atoms with Crippen LogP contribution in [0.5, 0.6) is 0 Å². The molecule has 3 aliphatic rings. The van der Waals surface area contributed by atoms with Gasteiger partial charge in [0.15, 0.2) is 0 Å². The van der Waals surface area contributed by atoms with Gasteiger partial charge < -0.3 is 20.3 Å². The minimum absolute atomic E-state index is 0.0968. The molecule has 0 aromatic rings. The van der Waals surface area contributed by atoms with Crippen LogP contribution in [0.1, 0.15) is 12.8 Å². The fourth-order valence-corrected chi connectivity index (χ4v) is 2.72. The van der Waals surface area contributed by atoms with Crippen molar-refractivity contribution in [1.82, 2.24) is 15.5 Å². The predicted molar refractivity (Wildman–Crippen MR) is 54.7 cm³/mol. The number of nitrogens with one attached hydrogen (secondary N) is 2. The second-order valence-corrected chi connectivity index (χ2v) is 4.66. The smallest absolute Gasteiger partial charge is 0.318 e. The Hall–Kier alpha value is -0.810. The highest BCUT2D eigenvalue weighted by Gasteiger charge is 2.40. The van der Waals surface area contributed by atoms with Crippen LogP contribution in [-0.4, -0.2) is 55.4 Å². The topological polar surface area (TPSA) is 53.6 Å². The third kappa shape index (κ3) is 1.70. The number of nitrogens with zero attached hydrogens (tertiary/aromatic N) is 1. The number of hydrogen-bond acceptors (Lipinski definition) is 3. The van der Waals surface area contributed by atoms with E-state index in [0.29, 0.717) is 18.7 Å². The summed E-state index contributed by atoms with van der Waals surface area (Å²) >= 11 is 0. The van der Waals surface area contributed by atoms with Gasteiger partial charge in [-0.05, 0) is 12.8 Å². The minimum atomic E-state index is 0.0968. The number of ether oxygens (including phenoxy) is 1. The zero-order valence-electron chi connectivity index (χ0n) is 8.74. The number of amides is 2. The van der Waals surface area contributed by atoms with Crippen LogP contribution in [0.4, 0.5) is 4.79 Å². The van der Waals surface area contributed by atoms with E-state index in [1.807, 2.05) is 4.90 Å². The van der Waals surface area contributed by atoms with E-state index in [1.54, 1.807) is 0 Å². The number of carbonyl (C=O) groups is 1. The normalized spacial score (nSPS) is 38.7. The second kappa shape index (κ2) is 3.64. The van der Waals surface area contributed by atoms with Crippen molar-refractivity contribution in [2.45, 2.75) is 31.0 Å². The maximum Gasteiger partial charge on any atom is 0.318 e. The van der Waals surface area contributed by atoms with Crippen molar-refractivity contribution >= 4 is 6.03 Å². The zero-order valence-corrected chi connectivity index (χ0v) is 8.74. The van der Waals surface area contributed by atoms with Gasteiger partial charge in [-0.1, -0.05) is 0 Å². The number of rotatable bonds is 1. The molecule has 15 heavy (non-hydrogen) atoms. The Bertz CT molecular complexity index is 265. The molecule has 0 saturated carbocycles. The van der Waals surface area contributed by atoms with Gasteiger partial charge in [0.1, 0.15) is 0 Å². The molecule has 0 aromatic heterocycles. The highest BCUT2D eigenvalue weighted by atomic mass is 16.5. The van der Waals surface area contributed by atoms with Crippen LogP contribution in [-0.2, 0) is 4.74 Å². The standard InChI is InChI=1S/C10H17N3O2/c14-10(12-7-1-2-15-6-7)13-5-8-3-9(13)4-11-8/h7-9,11H,1-6H2,(H,12,14)/t7?,8-,9-/m0/s1. The van der Waals surface area contributed by atoms with Crippen molar-refractivity contribution < 1.29 is 9.53 Å². The first-order valence-corrected chi connectivity index (χ1v) is 5.71. The lowest BCUT2D eigenvalue weighted by Gasteiger charge is -2.28. The van der Waals surface area contributed by atoms with Gasteiger partial charge in [0, 0.05) is 31.8 Å². The summed E-state index contributed by atoms with van der Waals surface area (Å²) in [7, 11) is 0. The van der Waals surface area contributed by atoms with Gasteiger partial charge in [0.2, 0.25) is 0 Å². The van der Waals surface area contributed by atoms with Crippen LogP contribution in [0.3, 0.4) is 0 Å². The average Bonchev–Trinajstić information content (AvgIpc) is 2.93. The third-order valence-corrected chi connectivity index (χ3v) is 3.57. The van der Waals surface area contributed by atoms with Crippen molar-refractivity contribution in [2.75, 3.05) is 26.3 Å². The highest BCUT2D eigenvalue weighted by Crippen LogP contribution is 2.23. The maximum absolute atomic E-state index is 11.9. The molecule has 3 saturated heterocycles. The fraction of sp³-hybridized carbons (Fsp3) is 0.900. The number of fused-ring (bicyclic) bond motifs is 2. The lowest BCUT2D eigenvalue weighted by Crippen LogP contribution is -2.52. The molecular weight excluding hydrogens is 194 g/mol. The first-order valence-electron chi connectivity index (χ1n) is 5.71. The van der Waals surface area contributed by atoms with Crippen molar-refractivity contribution in [2.24, 2.45) is 0 Å². The number of urea groups is 1. The summed E-state index contributed by atoms with van der Waals surface area (Å²) in [6, 6.07) is 1.27. The number of piperazine rings is 1. The summed E-state index contributed by atoms with van der Waals surface area (Å²) in [5, 5.41) is 6.43. The predicted octanol–water partition coefficient (Wildman–Crippen LogP) is -0.469. The van der Waals surface area contributed by atoms with E-state index >= 15 is 0 Å². The summed E-state index contributed by atoms with van der Waals surface area (Å²) in [6.07, 6.45) is 2.07. The molecule has 2 amide bonds. The maximum atomic E-state index is 11.9. The molecular formula is C10H17N3O2. The molecule has 3 aliphatic heterocycles. The SMILES string of the molecule is O=C(NC1CCOC1)N1C[C@@H]2C[C@H]1CN2. The molecule has 5 nitrogen and oxygen atoms in total. The first kappa shape index (κ1) is 9.42. The van der Waals surface area contributed by atoms with E-state index in [9.17, 15) is 4.79 Å². The van der Waals surface area contributed by atoms with Crippen molar-refractivity contribution in [3.05, 3.63) is 0 Å². The van der Waals surface area contributed by atoms with E-state index in [2.05, 4.69) is 10.6 Å². The van der Waals surface area contributed by atoms with E-state index in [4.69, 9.17) is 4.74 Å². The number of carbonyl (C=O) groups excluding carboxylic acids is 1. The monoisotopic (exact) mass is 211 g/mol.